The maximum absolute atomic E-state index is 5.33. The van der Waals surface area contributed by atoms with Gasteiger partial charge in [0.05, 0.1) is 12.6 Å². The molecule has 1 aromatic heterocycles. The van der Waals surface area contributed by atoms with Crippen LogP contribution in [0.2, 0.25) is 0 Å². The number of hydrogen-bond donors (Lipinski definition) is 2. The lowest BCUT2D eigenvalue weighted by atomic mass is 10.2. The van der Waals surface area contributed by atoms with Gasteiger partial charge in [-0.3, -0.25) is 0 Å². The standard InChI is InChI=1S/C11H18N4O/c1-3-12-11-13-6-8(2)10(15-11)14-9-4-5-16-7-9/h6,9H,3-5,7H2,1-2H3,(H2,12,13,14,15). The Kier molecular flexibility index (Phi) is 3.56. The minimum atomic E-state index is 0.378. The van der Waals surface area contributed by atoms with Crippen LogP contribution in [0.4, 0.5) is 11.8 Å². The molecule has 1 aromatic rings. The molecule has 5 heteroatoms. The lowest BCUT2D eigenvalue weighted by Gasteiger charge is -2.14. The molecule has 1 saturated heterocycles. The summed E-state index contributed by atoms with van der Waals surface area (Å²) in [4.78, 5) is 8.65. The lowest BCUT2D eigenvalue weighted by molar-refractivity contribution is 0.195. The Balaban J connectivity index is 2.08. The van der Waals surface area contributed by atoms with Crippen LogP contribution in [0.25, 0.3) is 0 Å². The summed E-state index contributed by atoms with van der Waals surface area (Å²) in [5.41, 5.74) is 1.06. The first-order valence-electron chi connectivity index (χ1n) is 5.71. The van der Waals surface area contributed by atoms with Crippen molar-refractivity contribution in [3.63, 3.8) is 0 Å². The molecule has 16 heavy (non-hydrogen) atoms. The maximum Gasteiger partial charge on any atom is 0.224 e. The molecule has 2 heterocycles. The molecule has 1 atom stereocenters. The van der Waals surface area contributed by atoms with Crippen LogP contribution in [0, 0.1) is 6.92 Å². The maximum atomic E-state index is 5.33. The van der Waals surface area contributed by atoms with Gasteiger partial charge in [0.2, 0.25) is 5.95 Å². The summed E-state index contributed by atoms with van der Waals surface area (Å²) in [6, 6.07) is 0.378. The predicted molar refractivity (Wildman–Crippen MR) is 63.8 cm³/mol. The van der Waals surface area contributed by atoms with Crippen LogP contribution in [-0.4, -0.2) is 35.8 Å². The summed E-state index contributed by atoms with van der Waals surface area (Å²) >= 11 is 0. The topological polar surface area (TPSA) is 59.1 Å². The summed E-state index contributed by atoms with van der Waals surface area (Å²) in [5, 5.41) is 6.50. The molecular formula is C11H18N4O. The summed E-state index contributed by atoms with van der Waals surface area (Å²) < 4.78 is 5.33. The first-order chi connectivity index (χ1) is 7.79. The molecule has 1 aliphatic heterocycles. The Morgan fingerprint density at radius 2 is 2.44 bits per heavy atom. The quantitative estimate of drug-likeness (QED) is 0.806. The number of nitrogens with zero attached hydrogens (tertiary/aromatic N) is 2. The molecule has 0 aromatic carbocycles. The van der Waals surface area contributed by atoms with Crippen molar-refractivity contribution in [2.24, 2.45) is 0 Å². The van der Waals surface area contributed by atoms with Crippen LogP contribution >= 0.6 is 0 Å². The van der Waals surface area contributed by atoms with Gasteiger partial charge in [-0.05, 0) is 20.3 Å². The van der Waals surface area contributed by atoms with Crippen LogP contribution in [0.1, 0.15) is 18.9 Å². The van der Waals surface area contributed by atoms with Crippen LogP contribution < -0.4 is 10.6 Å². The average Bonchev–Trinajstić information content (AvgIpc) is 2.76. The minimum absolute atomic E-state index is 0.378. The second-order valence-corrected chi connectivity index (χ2v) is 3.96. The van der Waals surface area contributed by atoms with Gasteiger partial charge in [0, 0.05) is 24.9 Å². The van der Waals surface area contributed by atoms with Gasteiger partial charge in [0.1, 0.15) is 5.82 Å². The number of hydrogen-bond acceptors (Lipinski definition) is 5. The molecule has 0 saturated carbocycles. The molecule has 2 N–H and O–H groups in total. The summed E-state index contributed by atoms with van der Waals surface area (Å²) in [6.07, 6.45) is 2.88. The van der Waals surface area contributed by atoms with E-state index in [1.54, 1.807) is 0 Å². The zero-order chi connectivity index (χ0) is 11.4. The summed E-state index contributed by atoms with van der Waals surface area (Å²) in [6.45, 7) is 6.46. The van der Waals surface area contributed by atoms with Crippen molar-refractivity contribution in [2.75, 3.05) is 30.4 Å². The van der Waals surface area contributed by atoms with Gasteiger partial charge < -0.3 is 15.4 Å². The van der Waals surface area contributed by atoms with E-state index in [2.05, 4.69) is 20.6 Å². The van der Waals surface area contributed by atoms with E-state index in [-0.39, 0.29) is 0 Å². The van der Waals surface area contributed by atoms with Crippen molar-refractivity contribution in [3.05, 3.63) is 11.8 Å². The third kappa shape index (κ3) is 2.61. The number of rotatable bonds is 4. The predicted octanol–water partition coefficient (Wildman–Crippen LogP) is 1.42. The highest BCUT2D eigenvalue weighted by atomic mass is 16.5. The fourth-order valence-electron chi connectivity index (χ4n) is 1.67. The number of nitrogens with one attached hydrogen (secondary N) is 2. The van der Waals surface area contributed by atoms with Gasteiger partial charge in [-0.15, -0.1) is 0 Å². The Labute approximate surface area is 95.6 Å². The number of aromatic nitrogens is 2. The highest BCUT2D eigenvalue weighted by molar-refractivity contribution is 5.47. The van der Waals surface area contributed by atoms with Crippen LogP contribution in [0.5, 0.6) is 0 Å². The largest absolute Gasteiger partial charge is 0.379 e. The number of anilines is 2. The first kappa shape index (κ1) is 11.1. The molecule has 5 nitrogen and oxygen atoms in total. The van der Waals surface area contributed by atoms with Crippen molar-refractivity contribution in [1.82, 2.24) is 9.97 Å². The van der Waals surface area contributed by atoms with Crippen molar-refractivity contribution in [2.45, 2.75) is 26.3 Å². The molecule has 1 aliphatic rings. The SMILES string of the molecule is CCNc1ncc(C)c(NC2CCOC2)n1. The Hall–Kier alpha value is -1.36. The van der Waals surface area contributed by atoms with Gasteiger partial charge in [-0.1, -0.05) is 0 Å². The highest BCUT2D eigenvalue weighted by Gasteiger charge is 2.16. The number of aryl methyl sites for hydroxylation is 1. The summed E-state index contributed by atoms with van der Waals surface area (Å²) in [7, 11) is 0. The van der Waals surface area contributed by atoms with Gasteiger partial charge in [-0.2, -0.15) is 4.98 Å². The zero-order valence-electron chi connectivity index (χ0n) is 9.79. The van der Waals surface area contributed by atoms with Crippen LogP contribution in [0.3, 0.4) is 0 Å². The Morgan fingerprint density at radius 1 is 1.56 bits per heavy atom. The van der Waals surface area contributed by atoms with Gasteiger partial charge >= 0.3 is 0 Å². The van der Waals surface area contributed by atoms with Crippen LogP contribution in [0.15, 0.2) is 6.20 Å². The van der Waals surface area contributed by atoms with E-state index in [1.165, 1.54) is 0 Å². The Morgan fingerprint density at radius 3 is 3.12 bits per heavy atom. The van der Waals surface area contributed by atoms with Gasteiger partial charge in [-0.25, -0.2) is 4.98 Å². The minimum Gasteiger partial charge on any atom is -0.379 e. The van der Waals surface area contributed by atoms with Crippen LogP contribution in [-0.2, 0) is 4.74 Å². The van der Waals surface area contributed by atoms with Gasteiger partial charge in [0.25, 0.3) is 0 Å². The molecule has 0 aliphatic carbocycles. The van der Waals surface area contributed by atoms with Gasteiger partial charge in [0.15, 0.2) is 0 Å². The van der Waals surface area contributed by atoms with Crippen molar-refractivity contribution < 1.29 is 4.74 Å². The second kappa shape index (κ2) is 5.12. The molecular weight excluding hydrogens is 204 g/mol. The van der Waals surface area contributed by atoms with E-state index >= 15 is 0 Å². The molecule has 0 bridgehead atoms. The van der Waals surface area contributed by atoms with Crippen molar-refractivity contribution >= 4 is 11.8 Å². The first-order valence-corrected chi connectivity index (χ1v) is 5.71. The average molecular weight is 222 g/mol. The van der Waals surface area contributed by atoms with E-state index in [4.69, 9.17) is 4.74 Å². The smallest absolute Gasteiger partial charge is 0.224 e. The van der Waals surface area contributed by atoms with Crippen molar-refractivity contribution in [1.29, 1.82) is 0 Å². The fraction of sp³-hybridized carbons (Fsp3) is 0.636. The third-order valence-corrected chi connectivity index (χ3v) is 2.58. The third-order valence-electron chi connectivity index (χ3n) is 2.58. The molecule has 0 spiro atoms. The molecule has 1 unspecified atom stereocenters. The summed E-state index contributed by atoms with van der Waals surface area (Å²) in [5.74, 6) is 1.58. The highest BCUT2D eigenvalue weighted by Crippen LogP contribution is 2.16. The van der Waals surface area contributed by atoms with E-state index in [0.29, 0.717) is 12.0 Å². The molecule has 0 amide bonds. The van der Waals surface area contributed by atoms with E-state index in [0.717, 1.165) is 37.6 Å². The molecule has 2 rings (SSSR count). The Bertz CT molecular complexity index is 350. The van der Waals surface area contributed by atoms with Crippen molar-refractivity contribution in [3.8, 4) is 0 Å². The lowest BCUT2D eigenvalue weighted by Crippen LogP contribution is -2.21. The van der Waals surface area contributed by atoms with E-state index in [9.17, 15) is 0 Å². The monoisotopic (exact) mass is 222 g/mol. The zero-order valence-corrected chi connectivity index (χ0v) is 9.79. The van der Waals surface area contributed by atoms with E-state index < -0.39 is 0 Å². The molecule has 88 valence electrons. The molecule has 1 fully saturated rings. The number of ether oxygens (including phenoxy) is 1. The fourth-order valence-corrected chi connectivity index (χ4v) is 1.67. The normalized spacial score (nSPS) is 19.8. The van der Waals surface area contributed by atoms with E-state index in [1.807, 2.05) is 20.0 Å². The second-order valence-electron chi connectivity index (χ2n) is 3.96. The molecule has 0 radical (unpaired) electrons.